The fourth-order valence-corrected chi connectivity index (χ4v) is 3.80. The Kier molecular flexibility index (Phi) is 2.87. The van der Waals surface area contributed by atoms with Crippen molar-refractivity contribution in [1.29, 1.82) is 0 Å². The highest BCUT2D eigenvalue weighted by molar-refractivity contribution is 5.82. The molecule has 0 aromatic rings. The molecule has 1 saturated heterocycles. The lowest BCUT2D eigenvalue weighted by Crippen LogP contribution is -2.45. The fourth-order valence-electron chi connectivity index (χ4n) is 3.80. The molecule has 2 aliphatic carbocycles. The number of aliphatic hydroxyl groups is 1. The maximum Gasteiger partial charge on any atom is 0.226 e. The van der Waals surface area contributed by atoms with Crippen LogP contribution in [0.1, 0.15) is 25.7 Å². The van der Waals surface area contributed by atoms with E-state index in [4.69, 9.17) is 0 Å². The Morgan fingerprint density at radius 1 is 1.24 bits per heavy atom. The molecule has 4 atom stereocenters. The predicted octanol–water partition coefficient (Wildman–Crippen LogP) is 0.214. The number of nitrogens with one attached hydrogen (secondary N) is 1. The molecule has 0 spiro atoms. The quantitative estimate of drug-likeness (QED) is 0.723. The average molecular weight is 238 g/mol. The van der Waals surface area contributed by atoms with Gasteiger partial charge in [-0.15, -0.1) is 0 Å². The van der Waals surface area contributed by atoms with Crippen LogP contribution in [0, 0.1) is 17.8 Å². The van der Waals surface area contributed by atoms with Crippen molar-refractivity contribution in [2.75, 3.05) is 20.1 Å². The zero-order valence-corrected chi connectivity index (χ0v) is 10.4. The van der Waals surface area contributed by atoms with Gasteiger partial charge in [-0.25, -0.2) is 0 Å². The van der Waals surface area contributed by atoms with E-state index in [1.165, 1.54) is 25.7 Å². The lowest BCUT2D eigenvalue weighted by Gasteiger charge is -2.26. The minimum Gasteiger partial charge on any atom is -0.390 e. The minimum absolute atomic E-state index is 0.0230. The Labute approximate surface area is 102 Å². The van der Waals surface area contributed by atoms with Gasteiger partial charge in [0.2, 0.25) is 5.91 Å². The van der Waals surface area contributed by atoms with E-state index in [-0.39, 0.29) is 17.9 Å². The van der Waals surface area contributed by atoms with Gasteiger partial charge in [0, 0.05) is 26.1 Å². The van der Waals surface area contributed by atoms with E-state index < -0.39 is 6.10 Å². The highest BCUT2D eigenvalue weighted by Gasteiger charge is 2.56. The average Bonchev–Trinajstić information content (AvgIpc) is 2.92. The molecule has 3 aliphatic rings. The Bertz CT molecular complexity index is 309. The van der Waals surface area contributed by atoms with Gasteiger partial charge in [-0.1, -0.05) is 12.8 Å². The number of β-amino-alcohol motifs (C(OH)–C–C–N with tert-alkyl or cyclic N) is 1. The lowest BCUT2D eigenvalue weighted by molar-refractivity contribution is -0.135. The molecule has 0 radical (unpaired) electrons. The van der Waals surface area contributed by atoms with Gasteiger partial charge in [-0.2, -0.15) is 0 Å². The van der Waals surface area contributed by atoms with Crippen molar-refractivity contribution in [1.82, 2.24) is 10.2 Å². The molecule has 3 rings (SSSR count). The van der Waals surface area contributed by atoms with Crippen molar-refractivity contribution in [3.8, 4) is 0 Å². The van der Waals surface area contributed by atoms with Crippen molar-refractivity contribution in [3.05, 3.63) is 0 Å². The minimum atomic E-state index is -0.398. The molecule has 2 unspecified atom stereocenters. The number of likely N-dealkylation sites (N-methyl/N-ethyl adjacent to an activating group) is 1. The monoisotopic (exact) mass is 238 g/mol. The van der Waals surface area contributed by atoms with Crippen molar-refractivity contribution in [2.45, 2.75) is 37.8 Å². The largest absolute Gasteiger partial charge is 0.390 e. The van der Waals surface area contributed by atoms with Crippen LogP contribution in [-0.4, -0.2) is 48.2 Å². The molecule has 2 saturated carbocycles. The molecule has 1 heterocycles. The number of nitrogens with zero attached hydrogens (tertiary/aromatic N) is 1. The summed E-state index contributed by atoms with van der Waals surface area (Å²) < 4.78 is 0. The van der Waals surface area contributed by atoms with Gasteiger partial charge in [0.25, 0.3) is 0 Å². The van der Waals surface area contributed by atoms with Crippen molar-refractivity contribution < 1.29 is 9.90 Å². The zero-order valence-electron chi connectivity index (χ0n) is 10.4. The summed E-state index contributed by atoms with van der Waals surface area (Å²) in [5.41, 5.74) is 0. The first-order chi connectivity index (χ1) is 8.20. The van der Waals surface area contributed by atoms with Gasteiger partial charge in [-0.05, 0) is 24.7 Å². The maximum atomic E-state index is 12.4. The van der Waals surface area contributed by atoms with Crippen molar-refractivity contribution in [3.63, 3.8) is 0 Å². The first-order valence-corrected chi connectivity index (χ1v) is 6.85. The van der Waals surface area contributed by atoms with Gasteiger partial charge < -0.3 is 15.3 Å². The fraction of sp³-hybridized carbons (Fsp3) is 0.923. The van der Waals surface area contributed by atoms with Crippen molar-refractivity contribution >= 4 is 5.91 Å². The highest BCUT2D eigenvalue weighted by Crippen LogP contribution is 2.56. The van der Waals surface area contributed by atoms with Gasteiger partial charge in [0.1, 0.15) is 0 Å². The van der Waals surface area contributed by atoms with Crippen LogP contribution in [-0.2, 0) is 4.79 Å². The molecule has 96 valence electrons. The molecule has 0 aromatic heterocycles. The van der Waals surface area contributed by atoms with Crippen molar-refractivity contribution in [2.24, 2.45) is 17.8 Å². The van der Waals surface area contributed by atoms with Crippen LogP contribution in [0.15, 0.2) is 0 Å². The summed E-state index contributed by atoms with van der Waals surface area (Å²) in [4.78, 5) is 14.2. The SMILES string of the molecule is CN(C(=O)C1C2CCCCC21)[C@@H]1CNC[C@H]1O. The van der Waals surface area contributed by atoms with Gasteiger partial charge in [0.05, 0.1) is 12.1 Å². The summed E-state index contributed by atoms with van der Waals surface area (Å²) in [7, 11) is 1.85. The van der Waals surface area contributed by atoms with Crippen LogP contribution in [0.25, 0.3) is 0 Å². The Morgan fingerprint density at radius 2 is 1.88 bits per heavy atom. The van der Waals surface area contributed by atoms with E-state index in [2.05, 4.69) is 5.32 Å². The van der Waals surface area contributed by atoms with E-state index in [9.17, 15) is 9.90 Å². The van der Waals surface area contributed by atoms with E-state index in [0.29, 0.717) is 18.4 Å². The molecule has 0 bridgehead atoms. The van der Waals surface area contributed by atoms with Gasteiger partial charge in [0.15, 0.2) is 0 Å². The number of amides is 1. The van der Waals surface area contributed by atoms with Crippen LogP contribution >= 0.6 is 0 Å². The number of rotatable bonds is 2. The smallest absolute Gasteiger partial charge is 0.226 e. The third kappa shape index (κ3) is 1.87. The van der Waals surface area contributed by atoms with Crippen LogP contribution in [0.3, 0.4) is 0 Å². The number of hydrogen-bond acceptors (Lipinski definition) is 3. The molecule has 17 heavy (non-hydrogen) atoms. The van der Waals surface area contributed by atoms with Crippen LogP contribution in [0.5, 0.6) is 0 Å². The van der Waals surface area contributed by atoms with Crippen LogP contribution in [0.4, 0.5) is 0 Å². The predicted molar refractivity (Wildman–Crippen MR) is 64.4 cm³/mol. The molecule has 4 nitrogen and oxygen atoms in total. The van der Waals surface area contributed by atoms with Gasteiger partial charge in [-0.3, -0.25) is 4.79 Å². The normalized spacial score (nSPS) is 44.2. The zero-order chi connectivity index (χ0) is 12.0. The highest BCUT2D eigenvalue weighted by atomic mass is 16.3. The van der Waals surface area contributed by atoms with Crippen LogP contribution < -0.4 is 5.32 Å². The Hall–Kier alpha value is -0.610. The Balaban J connectivity index is 1.62. The van der Waals surface area contributed by atoms with E-state index in [0.717, 1.165) is 6.54 Å². The second-order valence-corrected chi connectivity index (χ2v) is 5.88. The number of aliphatic hydroxyl groups excluding tert-OH is 1. The molecule has 4 heteroatoms. The second-order valence-electron chi connectivity index (χ2n) is 5.88. The number of carbonyl (C=O) groups excluding carboxylic acids is 1. The Morgan fingerprint density at radius 3 is 2.41 bits per heavy atom. The third-order valence-corrected chi connectivity index (χ3v) is 4.94. The number of hydrogen-bond donors (Lipinski definition) is 2. The second kappa shape index (κ2) is 4.25. The number of carbonyl (C=O) groups is 1. The molecular formula is C13H22N2O2. The molecule has 3 fully saturated rings. The first kappa shape index (κ1) is 11.5. The van der Waals surface area contributed by atoms with E-state index in [1.807, 2.05) is 7.05 Å². The van der Waals surface area contributed by atoms with Crippen LogP contribution in [0.2, 0.25) is 0 Å². The summed E-state index contributed by atoms with van der Waals surface area (Å²) in [5.74, 6) is 1.86. The standard InChI is InChI=1S/C13H22N2O2/c1-15(10-6-14-7-11(10)16)13(17)12-8-4-2-3-5-9(8)12/h8-12,14,16H,2-7H2,1H3/t8?,9?,10-,11-,12?/m1/s1. The molecular weight excluding hydrogens is 216 g/mol. The maximum absolute atomic E-state index is 12.4. The summed E-state index contributed by atoms with van der Waals surface area (Å²) in [6, 6.07) is -0.0230. The summed E-state index contributed by atoms with van der Waals surface area (Å²) in [6.07, 6.45) is 4.66. The third-order valence-electron chi connectivity index (χ3n) is 4.94. The van der Waals surface area contributed by atoms with E-state index in [1.54, 1.807) is 4.90 Å². The molecule has 2 N–H and O–H groups in total. The van der Waals surface area contributed by atoms with Gasteiger partial charge >= 0.3 is 0 Å². The summed E-state index contributed by atoms with van der Waals surface area (Å²) in [6.45, 7) is 1.34. The molecule has 0 aromatic carbocycles. The summed E-state index contributed by atoms with van der Waals surface area (Å²) in [5, 5.41) is 12.9. The summed E-state index contributed by atoms with van der Waals surface area (Å²) >= 11 is 0. The molecule has 1 aliphatic heterocycles. The lowest BCUT2D eigenvalue weighted by atomic mass is 10.0. The first-order valence-electron chi connectivity index (χ1n) is 6.85. The van der Waals surface area contributed by atoms with E-state index >= 15 is 0 Å². The topological polar surface area (TPSA) is 52.6 Å². The molecule has 1 amide bonds. The number of fused-ring (bicyclic) bond motifs is 1.